The van der Waals surface area contributed by atoms with Gasteiger partial charge >= 0.3 is 0 Å². The van der Waals surface area contributed by atoms with Gasteiger partial charge in [-0.2, -0.15) is 0 Å². The number of primary amides is 1. The Bertz CT molecular complexity index is 835. The van der Waals surface area contributed by atoms with Crippen molar-refractivity contribution in [3.63, 3.8) is 0 Å². The molecule has 2 bridgehead atoms. The van der Waals surface area contributed by atoms with Gasteiger partial charge in [-0.05, 0) is 68.2 Å². The SMILES string of the molecule is CN1CC[C@]2(C)c3cc(C(N)=O)ccc3C[C@@H]1[C@@H]2NCCc1ccccc1. The average Bonchev–Trinajstić information content (AvgIpc) is 2.67. The highest BCUT2D eigenvalue weighted by Gasteiger charge is 2.49. The predicted molar refractivity (Wildman–Crippen MR) is 109 cm³/mol. The molecule has 0 saturated carbocycles. The highest BCUT2D eigenvalue weighted by Crippen LogP contribution is 2.44. The van der Waals surface area contributed by atoms with Gasteiger partial charge in [-0.25, -0.2) is 0 Å². The Morgan fingerprint density at radius 1 is 1.26 bits per heavy atom. The highest BCUT2D eigenvalue weighted by molar-refractivity contribution is 5.93. The summed E-state index contributed by atoms with van der Waals surface area (Å²) in [5, 5.41) is 3.87. The lowest BCUT2D eigenvalue weighted by Crippen LogP contribution is -2.66. The molecule has 4 heteroatoms. The van der Waals surface area contributed by atoms with Crippen LogP contribution in [0, 0.1) is 0 Å². The summed E-state index contributed by atoms with van der Waals surface area (Å²) >= 11 is 0. The maximum absolute atomic E-state index is 11.7. The number of nitrogens with one attached hydrogen (secondary N) is 1. The zero-order chi connectivity index (χ0) is 19.0. The van der Waals surface area contributed by atoms with Gasteiger partial charge in [0.1, 0.15) is 0 Å². The summed E-state index contributed by atoms with van der Waals surface area (Å²) in [4.78, 5) is 14.2. The van der Waals surface area contributed by atoms with Gasteiger partial charge in [0.25, 0.3) is 0 Å². The topological polar surface area (TPSA) is 58.4 Å². The molecule has 0 aromatic heterocycles. The summed E-state index contributed by atoms with van der Waals surface area (Å²) < 4.78 is 0. The number of nitrogens with zero attached hydrogens (tertiary/aromatic N) is 1. The molecule has 4 nitrogen and oxygen atoms in total. The first-order chi connectivity index (χ1) is 13.0. The number of amides is 1. The number of piperidine rings is 1. The molecule has 1 amide bonds. The standard InChI is InChI=1S/C23H29N3O/c1-23-11-13-26(2)20(15-17-8-9-18(22(24)27)14-19(17)23)21(23)25-12-10-16-6-4-3-5-7-16/h3-9,14,20-21,25H,10-13,15H2,1-2H3,(H2,24,27)/t20-,21+,23-/m1/s1. The Balaban J connectivity index is 1.61. The van der Waals surface area contributed by atoms with Crippen LogP contribution in [0.25, 0.3) is 0 Å². The van der Waals surface area contributed by atoms with Crippen molar-refractivity contribution in [3.8, 4) is 0 Å². The number of hydrogen-bond donors (Lipinski definition) is 2. The van der Waals surface area contributed by atoms with Crippen molar-refractivity contribution in [2.45, 2.75) is 43.7 Å². The summed E-state index contributed by atoms with van der Waals surface area (Å²) in [6.45, 7) is 4.40. The number of carbonyl (C=O) groups excluding carboxylic acids is 1. The summed E-state index contributed by atoms with van der Waals surface area (Å²) in [7, 11) is 2.24. The van der Waals surface area contributed by atoms with Crippen LogP contribution in [0.3, 0.4) is 0 Å². The van der Waals surface area contributed by atoms with Gasteiger partial charge in [-0.15, -0.1) is 0 Å². The van der Waals surface area contributed by atoms with Crippen LogP contribution in [0.4, 0.5) is 0 Å². The normalized spacial score (nSPS) is 27.2. The smallest absolute Gasteiger partial charge is 0.248 e. The third-order valence-corrected chi connectivity index (χ3v) is 6.68. The van der Waals surface area contributed by atoms with Gasteiger partial charge < -0.3 is 16.0 Å². The molecule has 1 aliphatic carbocycles. The number of likely N-dealkylation sites (N-methyl/N-ethyl adjacent to an activating group) is 1. The Morgan fingerprint density at radius 3 is 2.78 bits per heavy atom. The molecule has 27 heavy (non-hydrogen) atoms. The van der Waals surface area contributed by atoms with Crippen LogP contribution in [-0.2, 0) is 18.3 Å². The molecule has 2 aromatic carbocycles. The molecule has 1 aliphatic heterocycles. The maximum atomic E-state index is 11.7. The Hall–Kier alpha value is -2.17. The quantitative estimate of drug-likeness (QED) is 0.858. The summed E-state index contributed by atoms with van der Waals surface area (Å²) in [5.74, 6) is -0.343. The van der Waals surface area contributed by atoms with Crippen LogP contribution in [0.1, 0.15) is 40.4 Å². The fourth-order valence-corrected chi connectivity index (χ4v) is 5.03. The Labute approximate surface area is 161 Å². The van der Waals surface area contributed by atoms with E-state index in [2.05, 4.69) is 60.6 Å². The monoisotopic (exact) mass is 363 g/mol. The number of hydrogen-bond acceptors (Lipinski definition) is 3. The van der Waals surface area contributed by atoms with Crippen LogP contribution >= 0.6 is 0 Å². The lowest BCUT2D eigenvalue weighted by Gasteiger charge is -2.55. The summed E-state index contributed by atoms with van der Waals surface area (Å²) in [5.41, 5.74) is 10.2. The molecule has 1 saturated heterocycles. The molecule has 2 aromatic rings. The lowest BCUT2D eigenvalue weighted by atomic mass is 9.61. The third-order valence-electron chi connectivity index (χ3n) is 6.68. The number of benzene rings is 2. The van der Waals surface area contributed by atoms with Crippen LogP contribution < -0.4 is 11.1 Å². The van der Waals surface area contributed by atoms with Gasteiger partial charge in [-0.1, -0.05) is 43.3 Å². The number of likely N-dealkylation sites (tertiary alicyclic amines) is 1. The van der Waals surface area contributed by atoms with E-state index in [0.29, 0.717) is 17.6 Å². The fraction of sp³-hybridized carbons (Fsp3) is 0.435. The van der Waals surface area contributed by atoms with Crippen LogP contribution in [-0.4, -0.2) is 43.0 Å². The minimum Gasteiger partial charge on any atom is -0.366 e. The first-order valence-electron chi connectivity index (χ1n) is 9.90. The van der Waals surface area contributed by atoms with Crippen molar-refractivity contribution < 1.29 is 4.79 Å². The Morgan fingerprint density at radius 2 is 2.04 bits per heavy atom. The van der Waals surface area contributed by atoms with Crippen molar-refractivity contribution in [3.05, 3.63) is 70.8 Å². The molecular weight excluding hydrogens is 334 g/mol. The van der Waals surface area contributed by atoms with E-state index >= 15 is 0 Å². The Kier molecular flexibility index (Phi) is 4.79. The molecule has 3 N–H and O–H groups in total. The van der Waals surface area contributed by atoms with E-state index < -0.39 is 0 Å². The molecular formula is C23H29N3O. The van der Waals surface area contributed by atoms with Crippen molar-refractivity contribution in [2.24, 2.45) is 5.73 Å². The van der Waals surface area contributed by atoms with Gasteiger partial charge in [0, 0.05) is 23.1 Å². The van der Waals surface area contributed by atoms with E-state index in [0.717, 1.165) is 32.4 Å². The van der Waals surface area contributed by atoms with Crippen molar-refractivity contribution in [1.82, 2.24) is 10.2 Å². The molecule has 0 spiro atoms. The van der Waals surface area contributed by atoms with Crippen LogP contribution in [0.5, 0.6) is 0 Å². The second-order valence-electron chi connectivity index (χ2n) is 8.32. The number of rotatable bonds is 5. The average molecular weight is 364 g/mol. The summed E-state index contributed by atoms with van der Waals surface area (Å²) in [6, 6.07) is 17.5. The largest absolute Gasteiger partial charge is 0.366 e. The van der Waals surface area contributed by atoms with E-state index in [4.69, 9.17) is 5.73 Å². The van der Waals surface area contributed by atoms with Crippen LogP contribution in [0.2, 0.25) is 0 Å². The van der Waals surface area contributed by atoms with E-state index in [1.807, 2.05) is 12.1 Å². The first-order valence-corrected chi connectivity index (χ1v) is 9.90. The number of nitrogens with two attached hydrogens (primary N) is 1. The zero-order valence-electron chi connectivity index (χ0n) is 16.2. The van der Waals surface area contributed by atoms with Crippen molar-refractivity contribution in [2.75, 3.05) is 20.1 Å². The van der Waals surface area contributed by atoms with Gasteiger partial charge in [0.15, 0.2) is 0 Å². The second-order valence-corrected chi connectivity index (χ2v) is 8.32. The zero-order valence-corrected chi connectivity index (χ0v) is 16.2. The first kappa shape index (κ1) is 18.2. The third kappa shape index (κ3) is 3.28. The van der Waals surface area contributed by atoms with E-state index in [1.54, 1.807) is 0 Å². The van der Waals surface area contributed by atoms with Gasteiger partial charge in [-0.3, -0.25) is 4.79 Å². The number of fused-ring (bicyclic) bond motifs is 4. The molecule has 2 aliphatic rings. The molecule has 142 valence electrons. The minimum atomic E-state index is -0.343. The minimum absolute atomic E-state index is 0.0207. The number of carbonyl (C=O) groups is 1. The summed E-state index contributed by atoms with van der Waals surface area (Å²) in [6.07, 6.45) is 3.12. The molecule has 1 fully saturated rings. The van der Waals surface area contributed by atoms with Crippen LogP contribution in [0.15, 0.2) is 48.5 Å². The molecule has 4 rings (SSSR count). The molecule has 0 radical (unpaired) electrons. The van der Waals surface area contributed by atoms with E-state index in [1.165, 1.54) is 16.7 Å². The van der Waals surface area contributed by atoms with Gasteiger partial charge in [0.2, 0.25) is 5.91 Å². The molecule has 3 atom stereocenters. The van der Waals surface area contributed by atoms with Crippen molar-refractivity contribution >= 4 is 5.91 Å². The van der Waals surface area contributed by atoms with E-state index in [9.17, 15) is 4.79 Å². The maximum Gasteiger partial charge on any atom is 0.248 e. The predicted octanol–water partition coefficient (Wildman–Crippen LogP) is 2.50. The lowest BCUT2D eigenvalue weighted by molar-refractivity contribution is 0.0663. The highest BCUT2D eigenvalue weighted by atomic mass is 16.1. The molecule has 1 heterocycles. The second kappa shape index (κ2) is 7.10. The van der Waals surface area contributed by atoms with Crippen molar-refractivity contribution in [1.29, 1.82) is 0 Å². The molecule has 0 unspecified atom stereocenters. The van der Waals surface area contributed by atoms with Gasteiger partial charge in [0.05, 0.1) is 0 Å². The fourth-order valence-electron chi connectivity index (χ4n) is 5.03. The van der Waals surface area contributed by atoms with E-state index in [-0.39, 0.29) is 11.3 Å².